The lowest BCUT2D eigenvalue weighted by molar-refractivity contribution is -0.357. The lowest BCUT2D eigenvalue weighted by Gasteiger charge is -2.45. The van der Waals surface area contributed by atoms with Gasteiger partial charge >= 0.3 is 10.4 Å². The van der Waals surface area contributed by atoms with Crippen molar-refractivity contribution in [1.82, 2.24) is 0 Å². The predicted molar refractivity (Wildman–Crippen MR) is 117 cm³/mol. The first kappa shape index (κ1) is 29.7. The minimum Gasteiger partial charge on any atom is -0.493 e. The molecule has 2 saturated heterocycles. The Hall–Kier alpha value is -1.87. The van der Waals surface area contributed by atoms with Crippen LogP contribution in [0.5, 0.6) is 17.2 Å². The quantitative estimate of drug-likeness (QED) is 0.138. The molecular formula is C20H30O16S. The highest BCUT2D eigenvalue weighted by Crippen LogP contribution is 2.34. The van der Waals surface area contributed by atoms with Crippen LogP contribution in [0, 0.1) is 0 Å². The van der Waals surface area contributed by atoms with Gasteiger partial charge in [-0.3, -0.25) is 4.55 Å². The molecule has 37 heavy (non-hydrogen) atoms. The average Bonchev–Trinajstić information content (AvgIpc) is 2.86. The molecule has 1 aromatic carbocycles. The van der Waals surface area contributed by atoms with Crippen LogP contribution in [-0.2, 0) is 28.8 Å². The van der Waals surface area contributed by atoms with Crippen LogP contribution in [0.4, 0.5) is 0 Å². The molecule has 16 nitrogen and oxygen atoms in total. The molecule has 17 heteroatoms. The van der Waals surface area contributed by atoms with Crippen molar-refractivity contribution < 1.29 is 76.2 Å². The SMILES string of the molecule is COc1ccc(O[C@@H]2O[C@H](COS(=O)(=O)O)[C@@H](O)[C@H](O)[C@H]2O[C@@H]2O[C@H](CO)[C@H](O)[C@H](O)[C@H]2O)cc1OC. The van der Waals surface area contributed by atoms with Crippen LogP contribution >= 0.6 is 0 Å². The molecule has 0 saturated carbocycles. The van der Waals surface area contributed by atoms with Crippen LogP contribution in [0.25, 0.3) is 0 Å². The summed E-state index contributed by atoms with van der Waals surface area (Å²) in [5.41, 5.74) is 0. The van der Waals surface area contributed by atoms with Crippen molar-refractivity contribution in [2.45, 2.75) is 61.4 Å². The van der Waals surface area contributed by atoms with Crippen molar-refractivity contribution in [2.24, 2.45) is 0 Å². The minimum absolute atomic E-state index is 0.0723. The standard InChI is InChI=1S/C20H30O16S/c1-30-9-4-3-8(5-10(9)31-2)33-20-18(16(25)14(23)12(35-20)7-32-37(27,28)29)36-19-17(26)15(24)13(22)11(6-21)34-19/h3-5,11-26H,6-7H2,1-2H3,(H,27,28,29)/t11-,12-,13+,14-,15+,16+,17-,18-,19+,20-/m1/s1. The predicted octanol–water partition coefficient (Wildman–Crippen LogP) is -3.47. The molecule has 3 rings (SSSR count). The summed E-state index contributed by atoms with van der Waals surface area (Å²) in [6.07, 6.45) is -17.0. The molecule has 10 atom stereocenters. The van der Waals surface area contributed by atoms with E-state index in [-0.39, 0.29) is 11.5 Å². The first-order valence-electron chi connectivity index (χ1n) is 10.9. The third kappa shape index (κ3) is 6.96. The van der Waals surface area contributed by atoms with Crippen molar-refractivity contribution in [1.29, 1.82) is 0 Å². The van der Waals surface area contributed by atoms with Crippen molar-refractivity contribution in [3.8, 4) is 17.2 Å². The molecule has 2 aliphatic rings. The second-order valence-electron chi connectivity index (χ2n) is 8.17. The number of hydrogen-bond donors (Lipinski definition) is 7. The Morgan fingerprint density at radius 2 is 1.46 bits per heavy atom. The average molecular weight is 559 g/mol. The number of aliphatic hydroxyl groups is 6. The molecule has 2 heterocycles. The summed E-state index contributed by atoms with van der Waals surface area (Å²) >= 11 is 0. The van der Waals surface area contributed by atoms with Gasteiger partial charge in [-0.05, 0) is 12.1 Å². The molecule has 0 amide bonds. The summed E-state index contributed by atoms with van der Waals surface area (Å²) in [5, 5.41) is 61.0. The molecule has 0 aliphatic carbocycles. The first-order valence-corrected chi connectivity index (χ1v) is 12.2. The van der Waals surface area contributed by atoms with Crippen molar-refractivity contribution in [2.75, 3.05) is 27.4 Å². The largest absolute Gasteiger partial charge is 0.493 e. The van der Waals surface area contributed by atoms with Gasteiger partial charge in [-0.15, -0.1) is 0 Å². The molecule has 0 aromatic heterocycles. The summed E-state index contributed by atoms with van der Waals surface area (Å²) in [7, 11) is -2.15. The Morgan fingerprint density at radius 3 is 2.05 bits per heavy atom. The molecule has 212 valence electrons. The Kier molecular flexibility index (Phi) is 9.89. The zero-order valence-corrected chi connectivity index (χ0v) is 20.4. The third-order valence-electron chi connectivity index (χ3n) is 5.77. The number of methoxy groups -OCH3 is 2. The molecule has 2 fully saturated rings. The summed E-state index contributed by atoms with van der Waals surface area (Å²) < 4.78 is 67.6. The van der Waals surface area contributed by atoms with Crippen molar-refractivity contribution in [3.63, 3.8) is 0 Å². The fourth-order valence-corrected chi connectivity index (χ4v) is 4.10. The molecule has 7 N–H and O–H groups in total. The van der Waals surface area contributed by atoms with E-state index in [4.69, 9.17) is 33.0 Å². The number of aliphatic hydroxyl groups excluding tert-OH is 6. The lowest BCUT2D eigenvalue weighted by Crippen LogP contribution is -2.65. The molecule has 2 aliphatic heterocycles. The van der Waals surface area contributed by atoms with Gasteiger partial charge in [0, 0.05) is 6.07 Å². The van der Waals surface area contributed by atoms with E-state index >= 15 is 0 Å². The number of benzene rings is 1. The van der Waals surface area contributed by atoms with E-state index in [1.54, 1.807) is 0 Å². The van der Waals surface area contributed by atoms with Gasteiger partial charge < -0.3 is 59.1 Å². The van der Waals surface area contributed by atoms with Crippen LogP contribution in [0.2, 0.25) is 0 Å². The van der Waals surface area contributed by atoms with Gasteiger partial charge in [0.15, 0.2) is 23.9 Å². The van der Waals surface area contributed by atoms with E-state index in [9.17, 15) is 39.1 Å². The molecule has 1 aromatic rings. The van der Waals surface area contributed by atoms with Crippen molar-refractivity contribution in [3.05, 3.63) is 18.2 Å². The summed E-state index contributed by atoms with van der Waals surface area (Å²) in [6.45, 7) is -1.67. The first-order chi connectivity index (χ1) is 17.4. The van der Waals surface area contributed by atoms with Gasteiger partial charge in [0.25, 0.3) is 0 Å². The highest BCUT2D eigenvalue weighted by atomic mass is 32.3. The fraction of sp³-hybridized carbons (Fsp3) is 0.700. The van der Waals surface area contributed by atoms with Gasteiger partial charge in [-0.25, -0.2) is 4.18 Å². The summed E-state index contributed by atoms with van der Waals surface area (Å²) in [6, 6.07) is 4.29. The second-order valence-corrected chi connectivity index (χ2v) is 9.26. The number of ether oxygens (including phenoxy) is 6. The molecular weight excluding hydrogens is 528 g/mol. The summed E-state index contributed by atoms with van der Waals surface area (Å²) in [4.78, 5) is 0. The normalized spacial score (nSPS) is 36.7. The van der Waals surface area contributed by atoms with E-state index in [2.05, 4.69) is 4.18 Å². The van der Waals surface area contributed by atoms with Crippen LogP contribution in [-0.4, -0.2) is 132 Å². The number of rotatable bonds is 10. The summed E-state index contributed by atoms with van der Waals surface area (Å²) in [5.74, 6) is 0.667. The maximum absolute atomic E-state index is 11.0. The Bertz CT molecular complexity index is 989. The molecule has 0 bridgehead atoms. The van der Waals surface area contributed by atoms with E-state index in [1.165, 1.54) is 32.4 Å². The van der Waals surface area contributed by atoms with E-state index in [0.29, 0.717) is 5.75 Å². The van der Waals surface area contributed by atoms with E-state index in [0.717, 1.165) is 0 Å². The Balaban J connectivity index is 1.88. The van der Waals surface area contributed by atoms with Crippen LogP contribution in [0.3, 0.4) is 0 Å². The maximum atomic E-state index is 11.0. The molecule has 0 unspecified atom stereocenters. The van der Waals surface area contributed by atoms with Gasteiger partial charge in [0.1, 0.15) is 48.5 Å². The Labute approximate surface area is 211 Å². The van der Waals surface area contributed by atoms with Crippen LogP contribution in [0.1, 0.15) is 0 Å². The molecule has 0 spiro atoms. The second kappa shape index (κ2) is 12.3. The van der Waals surface area contributed by atoms with Crippen molar-refractivity contribution >= 4 is 10.4 Å². The van der Waals surface area contributed by atoms with Gasteiger partial charge in [0.05, 0.1) is 27.4 Å². The zero-order chi connectivity index (χ0) is 27.5. The van der Waals surface area contributed by atoms with Crippen LogP contribution < -0.4 is 14.2 Å². The highest BCUT2D eigenvalue weighted by Gasteiger charge is 2.51. The van der Waals surface area contributed by atoms with Gasteiger partial charge in [-0.1, -0.05) is 0 Å². The minimum atomic E-state index is -4.92. The smallest absolute Gasteiger partial charge is 0.397 e. The Morgan fingerprint density at radius 1 is 0.838 bits per heavy atom. The zero-order valence-electron chi connectivity index (χ0n) is 19.6. The molecule has 0 radical (unpaired) electrons. The van der Waals surface area contributed by atoms with E-state index < -0.39 is 85.0 Å². The topological polar surface area (TPSA) is 240 Å². The van der Waals surface area contributed by atoms with Gasteiger partial charge in [0.2, 0.25) is 6.29 Å². The number of hydrogen-bond acceptors (Lipinski definition) is 15. The monoisotopic (exact) mass is 558 g/mol. The van der Waals surface area contributed by atoms with Gasteiger partial charge in [-0.2, -0.15) is 8.42 Å². The van der Waals surface area contributed by atoms with E-state index in [1.807, 2.05) is 0 Å². The fourth-order valence-electron chi connectivity index (χ4n) is 3.79. The maximum Gasteiger partial charge on any atom is 0.397 e. The highest BCUT2D eigenvalue weighted by molar-refractivity contribution is 7.80. The van der Waals surface area contributed by atoms with Crippen LogP contribution in [0.15, 0.2) is 18.2 Å². The lowest BCUT2D eigenvalue weighted by atomic mass is 9.97. The third-order valence-corrected chi connectivity index (χ3v) is 6.21.